The summed E-state index contributed by atoms with van der Waals surface area (Å²) in [5.74, 6) is 0. The molecule has 0 aliphatic carbocycles. The predicted molar refractivity (Wildman–Crippen MR) is 46.8 cm³/mol. The molecule has 3 heteroatoms. The molecule has 12 heavy (non-hydrogen) atoms. The molecule has 1 radical (unpaired) electrons. The Morgan fingerprint density at radius 1 is 1.25 bits per heavy atom. The van der Waals surface area contributed by atoms with Crippen LogP contribution in [0.25, 0.3) is 0 Å². The lowest BCUT2D eigenvalue weighted by molar-refractivity contribution is 0.0616. The van der Waals surface area contributed by atoms with Crippen molar-refractivity contribution in [2.24, 2.45) is 0 Å². The Hall–Kier alpha value is -0.730. The molecule has 0 aromatic heterocycles. The van der Waals surface area contributed by atoms with E-state index in [0.717, 1.165) is 12.8 Å². The lowest BCUT2D eigenvalue weighted by Gasteiger charge is -2.03. The van der Waals surface area contributed by atoms with Gasteiger partial charge in [0.15, 0.2) is 0 Å². The highest BCUT2D eigenvalue weighted by Gasteiger charge is 1.99. The van der Waals surface area contributed by atoms with Crippen LogP contribution >= 0.6 is 0 Å². The van der Waals surface area contributed by atoms with Crippen molar-refractivity contribution in [3.63, 3.8) is 0 Å². The molecule has 0 saturated carbocycles. The molecule has 3 nitrogen and oxygen atoms in total. The minimum absolute atomic E-state index is 0.133. The minimum atomic E-state index is -0.610. The van der Waals surface area contributed by atoms with Gasteiger partial charge in [-0.2, -0.15) is 0 Å². The van der Waals surface area contributed by atoms with Crippen LogP contribution in [0, 0.1) is 6.92 Å². The SMILES string of the molecule is [CH2]COC(=O)OCCCCCC. The molecule has 0 atom stereocenters. The molecule has 0 aliphatic heterocycles. The van der Waals surface area contributed by atoms with Crippen molar-refractivity contribution in [3.8, 4) is 0 Å². The van der Waals surface area contributed by atoms with Gasteiger partial charge in [0.25, 0.3) is 0 Å². The van der Waals surface area contributed by atoms with E-state index in [1.807, 2.05) is 0 Å². The number of ether oxygens (including phenoxy) is 2. The van der Waals surface area contributed by atoms with Crippen LogP contribution in [0.3, 0.4) is 0 Å². The summed E-state index contributed by atoms with van der Waals surface area (Å²) in [6.45, 7) is 6.09. The number of hydrogen-bond acceptors (Lipinski definition) is 3. The summed E-state index contributed by atoms with van der Waals surface area (Å²) in [6.07, 6.45) is 3.78. The lowest BCUT2D eigenvalue weighted by Crippen LogP contribution is -2.07. The molecular formula is C9H17O3. The molecule has 0 bridgehead atoms. The van der Waals surface area contributed by atoms with Crippen LogP contribution in [0.2, 0.25) is 0 Å². The molecule has 0 N–H and O–H groups in total. The van der Waals surface area contributed by atoms with Crippen molar-refractivity contribution in [3.05, 3.63) is 6.92 Å². The second-order valence-electron chi connectivity index (χ2n) is 2.51. The molecule has 0 aromatic rings. The summed E-state index contributed by atoms with van der Waals surface area (Å²) < 4.78 is 9.20. The number of carbonyl (C=O) groups excluding carboxylic acids is 1. The fraction of sp³-hybridized carbons (Fsp3) is 0.778. The van der Waals surface area contributed by atoms with Crippen LogP contribution in [0.5, 0.6) is 0 Å². The molecule has 71 valence electrons. The van der Waals surface area contributed by atoms with Crippen molar-refractivity contribution in [1.29, 1.82) is 0 Å². The summed E-state index contributed by atoms with van der Waals surface area (Å²) in [7, 11) is 0. The van der Waals surface area contributed by atoms with Gasteiger partial charge in [-0.3, -0.25) is 0 Å². The molecule has 0 rings (SSSR count). The highest BCUT2D eigenvalue weighted by molar-refractivity contribution is 5.59. The van der Waals surface area contributed by atoms with Gasteiger partial charge in [-0.15, -0.1) is 0 Å². The van der Waals surface area contributed by atoms with Crippen LogP contribution in [0.4, 0.5) is 4.79 Å². The maximum absolute atomic E-state index is 10.6. The molecule has 0 unspecified atom stereocenters. The van der Waals surface area contributed by atoms with Crippen molar-refractivity contribution >= 4 is 6.16 Å². The second-order valence-corrected chi connectivity index (χ2v) is 2.51. The zero-order chi connectivity index (χ0) is 9.23. The Kier molecular flexibility index (Phi) is 7.86. The van der Waals surface area contributed by atoms with Crippen LogP contribution in [-0.2, 0) is 9.47 Å². The molecule has 0 saturated heterocycles. The highest BCUT2D eigenvalue weighted by Crippen LogP contribution is 1.99. The highest BCUT2D eigenvalue weighted by atomic mass is 16.7. The first kappa shape index (κ1) is 11.3. The van der Waals surface area contributed by atoms with Crippen molar-refractivity contribution in [2.45, 2.75) is 32.6 Å². The van der Waals surface area contributed by atoms with Gasteiger partial charge in [-0.05, 0) is 13.3 Å². The largest absolute Gasteiger partial charge is 0.508 e. The summed E-state index contributed by atoms with van der Waals surface area (Å²) >= 11 is 0. The third kappa shape index (κ3) is 7.38. The minimum Gasteiger partial charge on any atom is -0.434 e. The quantitative estimate of drug-likeness (QED) is 0.457. The maximum Gasteiger partial charge on any atom is 0.508 e. The van der Waals surface area contributed by atoms with E-state index in [4.69, 9.17) is 4.74 Å². The van der Waals surface area contributed by atoms with E-state index in [0.29, 0.717) is 6.61 Å². The Bertz CT molecular complexity index is 112. The zero-order valence-corrected chi connectivity index (χ0v) is 7.67. The summed E-state index contributed by atoms with van der Waals surface area (Å²) in [5, 5.41) is 0. The monoisotopic (exact) mass is 173 g/mol. The summed E-state index contributed by atoms with van der Waals surface area (Å²) in [5.41, 5.74) is 0. The van der Waals surface area contributed by atoms with Gasteiger partial charge < -0.3 is 9.47 Å². The van der Waals surface area contributed by atoms with Gasteiger partial charge in [0.1, 0.15) is 0 Å². The van der Waals surface area contributed by atoms with Gasteiger partial charge in [0.2, 0.25) is 0 Å². The predicted octanol–water partition coefficient (Wildman–Crippen LogP) is 2.55. The van der Waals surface area contributed by atoms with Crippen molar-refractivity contribution < 1.29 is 14.3 Å². The average molecular weight is 173 g/mol. The molecule has 0 aliphatic rings. The summed E-state index contributed by atoms with van der Waals surface area (Å²) in [6, 6.07) is 0. The fourth-order valence-corrected chi connectivity index (χ4v) is 0.809. The smallest absolute Gasteiger partial charge is 0.434 e. The van der Waals surface area contributed by atoms with Gasteiger partial charge >= 0.3 is 6.16 Å². The van der Waals surface area contributed by atoms with Gasteiger partial charge in [-0.25, -0.2) is 4.79 Å². The Morgan fingerprint density at radius 2 is 2.00 bits per heavy atom. The van der Waals surface area contributed by atoms with Crippen molar-refractivity contribution in [1.82, 2.24) is 0 Å². The number of hydrogen-bond donors (Lipinski definition) is 0. The average Bonchev–Trinajstić information content (AvgIpc) is 2.05. The number of unbranched alkanes of at least 4 members (excludes halogenated alkanes) is 3. The van der Waals surface area contributed by atoms with Crippen LogP contribution < -0.4 is 0 Å². The second kappa shape index (κ2) is 8.37. The Labute approximate surface area is 74.0 Å². The van der Waals surface area contributed by atoms with E-state index in [1.54, 1.807) is 0 Å². The van der Waals surface area contributed by atoms with Crippen LogP contribution in [0.1, 0.15) is 32.6 Å². The summed E-state index contributed by atoms with van der Waals surface area (Å²) in [4.78, 5) is 10.6. The molecular weight excluding hydrogens is 156 g/mol. The molecule has 0 spiro atoms. The standard InChI is InChI=1S/C9H17O3/c1-3-5-6-7-8-12-9(10)11-4-2/h2-8H2,1H3. The molecule has 0 fully saturated rings. The Balaban J connectivity index is 3.03. The van der Waals surface area contributed by atoms with Crippen LogP contribution in [-0.4, -0.2) is 19.4 Å². The normalized spacial score (nSPS) is 9.50. The first-order valence-electron chi connectivity index (χ1n) is 4.40. The lowest BCUT2D eigenvalue weighted by atomic mass is 10.2. The Morgan fingerprint density at radius 3 is 2.58 bits per heavy atom. The fourth-order valence-electron chi connectivity index (χ4n) is 0.809. The molecule has 0 heterocycles. The van der Waals surface area contributed by atoms with E-state index < -0.39 is 6.16 Å². The first-order valence-corrected chi connectivity index (χ1v) is 4.40. The molecule has 0 amide bonds. The van der Waals surface area contributed by atoms with E-state index >= 15 is 0 Å². The number of carbonyl (C=O) groups is 1. The van der Waals surface area contributed by atoms with Crippen molar-refractivity contribution in [2.75, 3.05) is 13.2 Å². The maximum atomic E-state index is 10.6. The van der Waals surface area contributed by atoms with Gasteiger partial charge in [0.05, 0.1) is 13.2 Å². The van der Waals surface area contributed by atoms with Crippen LogP contribution in [0.15, 0.2) is 0 Å². The van der Waals surface area contributed by atoms with E-state index in [2.05, 4.69) is 18.6 Å². The van der Waals surface area contributed by atoms with E-state index in [9.17, 15) is 4.79 Å². The first-order chi connectivity index (χ1) is 5.81. The van der Waals surface area contributed by atoms with E-state index in [-0.39, 0.29) is 6.61 Å². The molecule has 0 aromatic carbocycles. The zero-order valence-electron chi connectivity index (χ0n) is 7.67. The third-order valence-corrected chi connectivity index (χ3v) is 1.44. The number of rotatable bonds is 6. The van der Waals surface area contributed by atoms with Gasteiger partial charge in [-0.1, -0.05) is 26.2 Å². The third-order valence-electron chi connectivity index (χ3n) is 1.44. The van der Waals surface area contributed by atoms with E-state index in [1.165, 1.54) is 12.8 Å². The van der Waals surface area contributed by atoms with Gasteiger partial charge in [0, 0.05) is 0 Å². The topological polar surface area (TPSA) is 35.5 Å².